The van der Waals surface area contributed by atoms with Crippen molar-refractivity contribution in [3.8, 4) is 0 Å². The second-order valence-electron chi connectivity index (χ2n) is 11.9. The molecule has 0 radical (unpaired) electrons. The van der Waals surface area contributed by atoms with Crippen molar-refractivity contribution < 1.29 is 9.21 Å². The first-order valence-corrected chi connectivity index (χ1v) is 14.5. The molecule has 0 unspecified atom stereocenters. The van der Waals surface area contributed by atoms with E-state index in [-0.39, 0.29) is 11.3 Å². The number of hydrogen-bond acceptors (Lipinski definition) is 4. The highest BCUT2D eigenvalue weighted by Gasteiger charge is 2.58. The number of carbonyl (C=O) groups is 1. The second kappa shape index (κ2) is 9.53. The maximum absolute atomic E-state index is 13.1. The molecular weight excluding hydrogens is 508 g/mol. The number of aryl methyl sites for hydroxylation is 1. The predicted octanol–water partition coefficient (Wildman–Crippen LogP) is 6.49. The molecule has 4 aromatic rings. The molecule has 1 aliphatic carbocycles. The Morgan fingerprint density at radius 2 is 1.87 bits per heavy atom. The van der Waals surface area contributed by atoms with Gasteiger partial charge in [-0.15, -0.1) is 0 Å². The molecule has 2 saturated heterocycles. The number of benzene rings is 2. The fourth-order valence-electron chi connectivity index (χ4n) is 7.77. The maximum Gasteiger partial charge on any atom is 0.289 e. The van der Waals surface area contributed by atoms with E-state index in [2.05, 4.69) is 52.8 Å². The molecule has 1 saturated carbocycles. The standard InChI is InChI=1S/C32H35ClN4O2/c1-21-34-28-9-3-4-10-29(28)37(21)27-16-25-12-13-26(17-27)36(25)19-23-18-32(23,22-7-5-8-24(33)15-22)20-35(2)31(38)30-11-6-14-39-30/h3-11,14-15,23,25-27H,12-13,16-20H2,1-2H3/t23-,25-,26+,27-,32+/m0/s1. The molecule has 6 nitrogen and oxygen atoms in total. The third-order valence-electron chi connectivity index (χ3n) is 9.66. The van der Waals surface area contributed by atoms with Gasteiger partial charge in [-0.2, -0.15) is 0 Å². The lowest BCUT2D eigenvalue weighted by molar-refractivity contribution is 0.0734. The van der Waals surface area contributed by atoms with Crippen LogP contribution in [0.15, 0.2) is 71.3 Å². The Kier molecular flexibility index (Phi) is 6.09. The summed E-state index contributed by atoms with van der Waals surface area (Å²) < 4.78 is 7.91. The molecule has 5 atom stereocenters. The molecule has 3 aliphatic rings. The van der Waals surface area contributed by atoms with Crippen LogP contribution in [0.3, 0.4) is 0 Å². The van der Waals surface area contributed by atoms with Gasteiger partial charge in [0.25, 0.3) is 5.91 Å². The van der Waals surface area contributed by atoms with Crippen molar-refractivity contribution in [1.82, 2.24) is 19.4 Å². The molecule has 3 fully saturated rings. The van der Waals surface area contributed by atoms with E-state index in [0.717, 1.165) is 29.3 Å². The van der Waals surface area contributed by atoms with Gasteiger partial charge in [0.1, 0.15) is 5.82 Å². The summed E-state index contributed by atoms with van der Waals surface area (Å²) in [6.07, 6.45) is 7.49. The summed E-state index contributed by atoms with van der Waals surface area (Å²) in [6, 6.07) is 22.0. The van der Waals surface area contributed by atoms with Crippen LogP contribution in [-0.2, 0) is 5.41 Å². The number of aromatic nitrogens is 2. The van der Waals surface area contributed by atoms with Gasteiger partial charge in [0.05, 0.1) is 17.3 Å². The number of halogens is 1. The van der Waals surface area contributed by atoms with E-state index in [9.17, 15) is 4.79 Å². The smallest absolute Gasteiger partial charge is 0.289 e. The Balaban J connectivity index is 1.11. The molecule has 2 bridgehead atoms. The molecule has 2 aromatic carbocycles. The highest BCUT2D eigenvalue weighted by molar-refractivity contribution is 6.30. The van der Waals surface area contributed by atoms with Crippen molar-refractivity contribution >= 4 is 28.5 Å². The lowest BCUT2D eigenvalue weighted by atomic mass is 9.91. The molecule has 7 rings (SSSR count). The number of hydrogen-bond donors (Lipinski definition) is 0. The molecule has 202 valence electrons. The molecule has 0 spiro atoms. The van der Waals surface area contributed by atoms with E-state index in [0.29, 0.717) is 36.3 Å². The highest BCUT2D eigenvalue weighted by atomic mass is 35.5. The zero-order valence-corrected chi connectivity index (χ0v) is 23.3. The fourth-order valence-corrected chi connectivity index (χ4v) is 7.97. The van der Waals surface area contributed by atoms with Gasteiger partial charge in [-0.05, 0) is 86.9 Å². The lowest BCUT2D eigenvalue weighted by Crippen LogP contribution is -2.45. The Morgan fingerprint density at radius 1 is 1.08 bits per heavy atom. The van der Waals surface area contributed by atoms with Crippen LogP contribution in [0.1, 0.15) is 60.1 Å². The van der Waals surface area contributed by atoms with Crippen LogP contribution in [-0.4, -0.2) is 57.5 Å². The quantitative estimate of drug-likeness (QED) is 0.268. The summed E-state index contributed by atoms with van der Waals surface area (Å²) in [5.74, 6) is 1.92. The van der Waals surface area contributed by atoms with Gasteiger partial charge >= 0.3 is 0 Å². The topological polar surface area (TPSA) is 54.5 Å². The molecule has 4 heterocycles. The van der Waals surface area contributed by atoms with E-state index in [4.69, 9.17) is 21.0 Å². The van der Waals surface area contributed by atoms with E-state index in [1.807, 2.05) is 24.1 Å². The minimum absolute atomic E-state index is 0.0733. The first kappa shape index (κ1) is 24.9. The normalized spacial score (nSPS) is 28.2. The van der Waals surface area contributed by atoms with Crippen LogP contribution < -0.4 is 0 Å². The third-order valence-corrected chi connectivity index (χ3v) is 9.89. The number of carbonyl (C=O) groups excluding carboxylic acids is 1. The fraction of sp³-hybridized carbons (Fsp3) is 0.438. The van der Waals surface area contributed by atoms with Crippen LogP contribution in [0.5, 0.6) is 0 Å². The molecule has 39 heavy (non-hydrogen) atoms. The summed E-state index contributed by atoms with van der Waals surface area (Å²) >= 11 is 6.46. The molecule has 1 amide bonds. The Hall–Kier alpha value is -3.09. The number of furan rings is 1. The number of piperidine rings is 1. The van der Waals surface area contributed by atoms with Crippen molar-refractivity contribution in [2.75, 3.05) is 20.1 Å². The van der Waals surface area contributed by atoms with Gasteiger partial charge in [-0.25, -0.2) is 4.98 Å². The number of likely N-dealkylation sites (N-methyl/N-ethyl adjacent to an activating group) is 1. The minimum atomic E-state index is -0.0880. The SMILES string of the molecule is Cc1nc2ccccc2n1[C@@H]1C[C@H]2CC[C@@H](C1)N2C[C@@H]1C[C@@]1(CN(C)C(=O)c1ccco1)c1cccc(Cl)c1. The van der Waals surface area contributed by atoms with E-state index >= 15 is 0 Å². The van der Waals surface area contributed by atoms with Crippen molar-refractivity contribution in [1.29, 1.82) is 0 Å². The summed E-state index contributed by atoms with van der Waals surface area (Å²) in [6.45, 7) is 3.88. The monoisotopic (exact) mass is 542 g/mol. The van der Waals surface area contributed by atoms with Crippen LogP contribution in [0.4, 0.5) is 0 Å². The number of imidazole rings is 1. The van der Waals surface area contributed by atoms with Crippen LogP contribution in [0, 0.1) is 12.8 Å². The van der Waals surface area contributed by atoms with Gasteiger partial charge in [0.2, 0.25) is 0 Å². The van der Waals surface area contributed by atoms with Crippen molar-refractivity contribution in [2.45, 2.75) is 62.6 Å². The highest BCUT2D eigenvalue weighted by Crippen LogP contribution is 2.57. The molecule has 7 heteroatoms. The molecule has 2 aliphatic heterocycles. The molecular formula is C32H35ClN4O2. The van der Waals surface area contributed by atoms with Gasteiger partial charge < -0.3 is 13.9 Å². The van der Waals surface area contributed by atoms with Crippen LogP contribution >= 0.6 is 11.6 Å². The van der Waals surface area contributed by atoms with Crippen molar-refractivity contribution in [2.24, 2.45) is 5.92 Å². The Morgan fingerprint density at radius 3 is 2.62 bits per heavy atom. The summed E-state index contributed by atoms with van der Waals surface area (Å²) in [5.41, 5.74) is 3.51. The lowest BCUT2D eigenvalue weighted by Gasteiger charge is -2.40. The summed E-state index contributed by atoms with van der Waals surface area (Å²) in [7, 11) is 1.89. The molecule has 0 N–H and O–H groups in total. The third kappa shape index (κ3) is 4.29. The predicted molar refractivity (Wildman–Crippen MR) is 153 cm³/mol. The largest absolute Gasteiger partial charge is 0.459 e. The Bertz CT molecular complexity index is 1500. The average molecular weight is 543 g/mol. The number of fused-ring (bicyclic) bond motifs is 3. The van der Waals surface area contributed by atoms with Gasteiger partial charge in [0, 0.05) is 48.7 Å². The van der Waals surface area contributed by atoms with Gasteiger partial charge in [0.15, 0.2) is 5.76 Å². The van der Waals surface area contributed by atoms with Crippen molar-refractivity contribution in [3.63, 3.8) is 0 Å². The van der Waals surface area contributed by atoms with Crippen LogP contribution in [0.2, 0.25) is 5.02 Å². The summed E-state index contributed by atoms with van der Waals surface area (Å²) in [4.78, 5) is 22.6. The van der Waals surface area contributed by atoms with E-state index in [1.165, 1.54) is 36.8 Å². The van der Waals surface area contributed by atoms with Crippen molar-refractivity contribution in [3.05, 3.63) is 89.1 Å². The first-order valence-electron chi connectivity index (χ1n) is 14.2. The first-order chi connectivity index (χ1) is 18.9. The average Bonchev–Trinajstić information content (AvgIpc) is 3.21. The zero-order chi connectivity index (χ0) is 26.7. The number of rotatable bonds is 7. The molecule has 2 aromatic heterocycles. The maximum atomic E-state index is 13.1. The number of para-hydroxylation sites is 2. The zero-order valence-electron chi connectivity index (χ0n) is 22.6. The van der Waals surface area contributed by atoms with Crippen LogP contribution in [0.25, 0.3) is 11.0 Å². The second-order valence-corrected chi connectivity index (χ2v) is 12.4. The van der Waals surface area contributed by atoms with Gasteiger partial charge in [-0.1, -0.05) is 35.9 Å². The van der Waals surface area contributed by atoms with E-state index in [1.54, 1.807) is 18.4 Å². The summed E-state index contributed by atoms with van der Waals surface area (Å²) in [5, 5.41) is 0.751. The number of amides is 1. The Labute approximate surface area is 234 Å². The van der Waals surface area contributed by atoms with Gasteiger partial charge in [-0.3, -0.25) is 9.69 Å². The number of nitrogens with zero attached hydrogens (tertiary/aromatic N) is 4. The van der Waals surface area contributed by atoms with E-state index < -0.39 is 0 Å². The minimum Gasteiger partial charge on any atom is -0.459 e.